The first kappa shape index (κ1) is 16.9. The SMILES string of the molecule is Oc1ccccc1N1CCN(Cc2nc(-c3cccc(Cl)c3)no2)CC1. The van der Waals surface area contributed by atoms with Gasteiger partial charge < -0.3 is 14.5 Å². The Morgan fingerprint density at radius 1 is 1.04 bits per heavy atom. The molecule has 0 unspecified atom stereocenters. The van der Waals surface area contributed by atoms with Crippen LogP contribution >= 0.6 is 11.6 Å². The minimum atomic E-state index is 0.323. The standard InChI is InChI=1S/C19H19ClN4O2/c20-15-5-3-4-14(12-15)19-21-18(26-22-19)13-23-8-10-24(11-9-23)16-6-1-2-7-17(16)25/h1-7,12,25H,8-11,13H2. The molecule has 1 fully saturated rings. The molecule has 0 aliphatic carbocycles. The number of hydrogen-bond donors (Lipinski definition) is 1. The fraction of sp³-hybridized carbons (Fsp3) is 0.263. The molecule has 1 N–H and O–H groups in total. The molecule has 1 saturated heterocycles. The molecule has 0 bridgehead atoms. The van der Waals surface area contributed by atoms with E-state index in [0.717, 1.165) is 37.4 Å². The Morgan fingerprint density at radius 2 is 1.85 bits per heavy atom. The van der Waals surface area contributed by atoms with Gasteiger partial charge >= 0.3 is 0 Å². The van der Waals surface area contributed by atoms with Gasteiger partial charge in [-0.15, -0.1) is 0 Å². The molecular formula is C19H19ClN4O2. The first-order valence-corrected chi connectivity index (χ1v) is 8.91. The van der Waals surface area contributed by atoms with Gasteiger partial charge in [0.15, 0.2) is 0 Å². The van der Waals surface area contributed by atoms with E-state index >= 15 is 0 Å². The predicted octanol–water partition coefficient (Wildman–Crippen LogP) is 3.42. The summed E-state index contributed by atoms with van der Waals surface area (Å²) in [6.07, 6.45) is 0. The molecule has 134 valence electrons. The number of anilines is 1. The van der Waals surface area contributed by atoms with Crippen molar-refractivity contribution < 1.29 is 9.63 Å². The largest absolute Gasteiger partial charge is 0.506 e. The van der Waals surface area contributed by atoms with Crippen LogP contribution in [0.4, 0.5) is 5.69 Å². The van der Waals surface area contributed by atoms with Crippen molar-refractivity contribution in [2.75, 3.05) is 31.1 Å². The molecule has 6 nitrogen and oxygen atoms in total. The molecule has 0 saturated carbocycles. The predicted molar refractivity (Wildman–Crippen MR) is 100 cm³/mol. The Labute approximate surface area is 156 Å². The molecular weight excluding hydrogens is 352 g/mol. The minimum Gasteiger partial charge on any atom is -0.506 e. The lowest BCUT2D eigenvalue weighted by Gasteiger charge is -2.35. The Morgan fingerprint density at radius 3 is 2.62 bits per heavy atom. The number of hydrogen-bond acceptors (Lipinski definition) is 6. The van der Waals surface area contributed by atoms with Gasteiger partial charge in [0.25, 0.3) is 0 Å². The summed E-state index contributed by atoms with van der Waals surface area (Å²) in [6, 6.07) is 14.9. The van der Waals surface area contributed by atoms with Crippen LogP contribution in [0.5, 0.6) is 5.75 Å². The normalized spacial score (nSPS) is 15.3. The average Bonchev–Trinajstić information content (AvgIpc) is 3.12. The van der Waals surface area contributed by atoms with Gasteiger partial charge in [0.05, 0.1) is 12.2 Å². The fourth-order valence-electron chi connectivity index (χ4n) is 3.13. The Balaban J connectivity index is 1.37. The number of piperazine rings is 1. The maximum atomic E-state index is 10.00. The molecule has 3 aromatic rings. The second-order valence-corrected chi connectivity index (χ2v) is 6.71. The second-order valence-electron chi connectivity index (χ2n) is 6.27. The lowest BCUT2D eigenvalue weighted by atomic mass is 10.2. The number of aromatic hydroxyl groups is 1. The molecule has 0 atom stereocenters. The highest BCUT2D eigenvalue weighted by Crippen LogP contribution is 2.27. The van der Waals surface area contributed by atoms with Gasteiger partial charge in [0.1, 0.15) is 5.75 Å². The number of phenolic OH excluding ortho intramolecular Hbond substituents is 1. The number of halogens is 1. The maximum absolute atomic E-state index is 10.00. The minimum absolute atomic E-state index is 0.323. The summed E-state index contributed by atoms with van der Waals surface area (Å²) in [5.41, 5.74) is 1.73. The quantitative estimate of drug-likeness (QED) is 0.759. The van der Waals surface area contributed by atoms with Crippen LogP contribution < -0.4 is 4.90 Å². The molecule has 4 rings (SSSR count). The molecule has 2 aromatic carbocycles. The Bertz CT molecular complexity index is 891. The monoisotopic (exact) mass is 370 g/mol. The highest BCUT2D eigenvalue weighted by Gasteiger charge is 2.21. The number of rotatable bonds is 4. The molecule has 0 spiro atoms. The second kappa shape index (κ2) is 7.35. The third kappa shape index (κ3) is 3.66. The van der Waals surface area contributed by atoms with Crippen molar-refractivity contribution in [3.05, 3.63) is 59.4 Å². The molecule has 1 aliphatic heterocycles. The zero-order valence-corrected chi connectivity index (χ0v) is 14.9. The molecule has 7 heteroatoms. The van der Waals surface area contributed by atoms with Crippen molar-refractivity contribution in [1.82, 2.24) is 15.0 Å². The number of para-hydroxylation sites is 2. The number of aromatic nitrogens is 2. The van der Waals surface area contributed by atoms with E-state index < -0.39 is 0 Å². The summed E-state index contributed by atoms with van der Waals surface area (Å²) in [5, 5.41) is 14.7. The lowest BCUT2D eigenvalue weighted by Crippen LogP contribution is -2.46. The molecule has 2 heterocycles. The lowest BCUT2D eigenvalue weighted by molar-refractivity contribution is 0.215. The van der Waals surface area contributed by atoms with Gasteiger partial charge in [0, 0.05) is 36.8 Å². The van der Waals surface area contributed by atoms with Gasteiger partial charge in [-0.1, -0.05) is 41.0 Å². The van der Waals surface area contributed by atoms with Crippen molar-refractivity contribution >= 4 is 17.3 Å². The van der Waals surface area contributed by atoms with E-state index in [0.29, 0.717) is 29.0 Å². The van der Waals surface area contributed by atoms with Crippen molar-refractivity contribution in [1.29, 1.82) is 0 Å². The molecule has 0 radical (unpaired) electrons. The fourth-order valence-corrected chi connectivity index (χ4v) is 3.32. The van der Waals surface area contributed by atoms with Crippen LogP contribution in [0.3, 0.4) is 0 Å². The zero-order chi connectivity index (χ0) is 17.9. The highest BCUT2D eigenvalue weighted by atomic mass is 35.5. The van der Waals surface area contributed by atoms with E-state index in [-0.39, 0.29) is 0 Å². The van der Waals surface area contributed by atoms with Crippen LogP contribution in [0.25, 0.3) is 11.4 Å². The maximum Gasteiger partial charge on any atom is 0.241 e. The first-order valence-electron chi connectivity index (χ1n) is 8.53. The van der Waals surface area contributed by atoms with E-state index in [1.807, 2.05) is 42.5 Å². The zero-order valence-electron chi connectivity index (χ0n) is 14.2. The summed E-state index contributed by atoms with van der Waals surface area (Å²) in [4.78, 5) is 8.94. The van der Waals surface area contributed by atoms with E-state index in [2.05, 4.69) is 19.9 Å². The summed E-state index contributed by atoms with van der Waals surface area (Å²) in [7, 11) is 0. The van der Waals surface area contributed by atoms with Crippen LogP contribution in [0, 0.1) is 0 Å². The van der Waals surface area contributed by atoms with E-state index in [9.17, 15) is 5.11 Å². The van der Waals surface area contributed by atoms with Gasteiger partial charge in [-0.05, 0) is 24.3 Å². The van der Waals surface area contributed by atoms with Gasteiger partial charge in [-0.3, -0.25) is 4.90 Å². The van der Waals surface area contributed by atoms with Crippen LogP contribution in [-0.4, -0.2) is 46.3 Å². The number of benzene rings is 2. The molecule has 26 heavy (non-hydrogen) atoms. The Kier molecular flexibility index (Phi) is 4.77. The van der Waals surface area contributed by atoms with Crippen molar-refractivity contribution in [3.8, 4) is 17.1 Å². The molecule has 1 aliphatic rings. The van der Waals surface area contributed by atoms with Crippen molar-refractivity contribution in [2.45, 2.75) is 6.54 Å². The average molecular weight is 371 g/mol. The summed E-state index contributed by atoms with van der Waals surface area (Å²) >= 11 is 6.02. The van der Waals surface area contributed by atoms with Crippen LogP contribution in [0.2, 0.25) is 5.02 Å². The first-order chi connectivity index (χ1) is 12.7. The highest BCUT2D eigenvalue weighted by molar-refractivity contribution is 6.30. The van der Waals surface area contributed by atoms with E-state index in [1.54, 1.807) is 6.07 Å². The van der Waals surface area contributed by atoms with Crippen molar-refractivity contribution in [3.63, 3.8) is 0 Å². The van der Waals surface area contributed by atoms with Crippen molar-refractivity contribution in [2.24, 2.45) is 0 Å². The number of phenols is 1. The third-order valence-corrected chi connectivity index (χ3v) is 4.74. The van der Waals surface area contributed by atoms with Crippen LogP contribution in [0.15, 0.2) is 53.1 Å². The molecule has 0 amide bonds. The number of nitrogens with zero attached hydrogens (tertiary/aromatic N) is 4. The third-order valence-electron chi connectivity index (χ3n) is 4.50. The van der Waals surface area contributed by atoms with E-state index in [1.165, 1.54) is 0 Å². The molecule has 1 aromatic heterocycles. The van der Waals surface area contributed by atoms with Gasteiger partial charge in [0.2, 0.25) is 11.7 Å². The van der Waals surface area contributed by atoms with Crippen LogP contribution in [0.1, 0.15) is 5.89 Å². The summed E-state index contributed by atoms with van der Waals surface area (Å²) < 4.78 is 5.39. The van der Waals surface area contributed by atoms with Gasteiger partial charge in [-0.25, -0.2) is 0 Å². The van der Waals surface area contributed by atoms with Gasteiger partial charge in [-0.2, -0.15) is 4.98 Å². The Hall–Kier alpha value is -2.57. The van der Waals surface area contributed by atoms with E-state index in [4.69, 9.17) is 16.1 Å². The topological polar surface area (TPSA) is 65.6 Å². The smallest absolute Gasteiger partial charge is 0.241 e. The summed E-state index contributed by atoms with van der Waals surface area (Å²) in [5.74, 6) is 1.47. The van der Waals surface area contributed by atoms with Crippen LogP contribution in [-0.2, 0) is 6.54 Å². The summed E-state index contributed by atoms with van der Waals surface area (Å²) in [6.45, 7) is 4.02.